The Morgan fingerprint density at radius 3 is 2.63 bits per heavy atom. The van der Waals surface area contributed by atoms with Gasteiger partial charge in [-0.25, -0.2) is 4.79 Å². The maximum atomic E-state index is 12.8. The second-order valence-corrected chi connectivity index (χ2v) is 8.69. The minimum absolute atomic E-state index is 0.175. The van der Waals surface area contributed by atoms with Gasteiger partial charge in [-0.3, -0.25) is 9.97 Å². The molecule has 1 atom stereocenters. The Labute approximate surface area is 160 Å². The first-order valence-corrected chi connectivity index (χ1v) is 9.84. The van der Waals surface area contributed by atoms with E-state index < -0.39 is 5.60 Å². The molecule has 0 unspecified atom stereocenters. The summed E-state index contributed by atoms with van der Waals surface area (Å²) in [4.78, 5) is 25.9. The average molecular weight is 368 g/mol. The van der Waals surface area contributed by atoms with Gasteiger partial charge in [-0.05, 0) is 64.2 Å². The van der Waals surface area contributed by atoms with Crippen LogP contribution in [0.3, 0.4) is 0 Å². The zero-order chi connectivity index (χ0) is 19.0. The summed E-state index contributed by atoms with van der Waals surface area (Å²) in [5, 5.41) is 0. The predicted molar refractivity (Wildman–Crippen MR) is 106 cm³/mol. The van der Waals surface area contributed by atoms with E-state index in [2.05, 4.69) is 27.0 Å². The van der Waals surface area contributed by atoms with Crippen molar-refractivity contribution in [2.45, 2.75) is 51.7 Å². The topological polar surface area (TPSA) is 58.6 Å². The number of hydrogen-bond acceptors (Lipinski definition) is 5. The largest absolute Gasteiger partial charge is 0.444 e. The molecule has 1 aliphatic heterocycles. The summed E-state index contributed by atoms with van der Waals surface area (Å²) in [6.45, 7) is 8.36. The summed E-state index contributed by atoms with van der Waals surface area (Å²) < 4.78 is 5.69. The van der Waals surface area contributed by atoms with Crippen molar-refractivity contribution in [1.29, 1.82) is 0 Å². The van der Waals surface area contributed by atoms with E-state index in [1.807, 2.05) is 31.7 Å². The van der Waals surface area contributed by atoms with E-state index in [-0.39, 0.29) is 12.1 Å². The van der Waals surface area contributed by atoms with E-state index in [0.717, 1.165) is 42.8 Å². The Hall–Kier alpha value is -2.37. The average Bonchev–Trinajstić information content (AvgIpc) is 3.32. The third-order valence-electron chi connectivity index (χ3n) is 5.20. The molecule has 1 amide bonds. The molecule has 0 bridgehead atoms. The number of rotatable bonds is 4. The van der Waals surface area contributed by atoms with Crippen molar-refractivity contribution in [1.82, 2.24) is 14.9 Å². The molecular formula is C21H28N4O2. The number of carbonyl (C=O) groups excluding carboxylic acids is 1. The highest BCUT2D eigenvalue weighted by molar-refractivity contribution is 5.78. The van der Waals surface area contributed by atoms with Crippen LogP contribution in [0.25, 0.3) is 11.0 Å². The smallest absolute Gasteiger partial charge is 0.410 e. The molecule has 4 rings (SSSR count). The SMILES string of the molecule is CC(C)(C)OC(=O)N(CC1CC1)[C@@H]1CCN(c2ccc3nccnc3c2)C1. The first-order valence-electron chi connectivity index (χ1n) is 9.84. The molecule has 1 saturated carbocycles. The molecular weight excluding hydrogens is 340 g/mol. The Morgan fingerprint density at radius 2 is 1.93 bits per heavy atom. The summed E-state index contributed by atoms with van der Waals surface area (Å²) in [6, 6.07) is 6.39. The summed E-state index contributed by atoms with van der Waals surface area (Å²) in [5.74, 6) is 0.641. The van der Waals surface area contributed by atoms with Crippen LogP contribution >= 0.6 is 0 Å². The normalized spacial score (nSPS) is 20.1. The van der Waals surface area contributed by atoms with Crippen molar-refractivity contribution < 1.29 is 9.53 Å². The fraction of sp³-hybridized carbons (Fsp3) is 0.571. The van der Waals surface area contributed by atoms with Gasteiger partial charge in [-0.1, -0.05) is 0 Å². The quantitative estimate of drug-likeness (QED) is 0.820. The number of hydrogen-bond donors (Lipinski definition) is 0. The summed E-state index contributed by atoms with van der Waals surface area (Å²) >= 11 is 0. The summed E-state index contributed by atoms with van der Waals surface area (Å²) in [7, 11) is 0. The highest BCUT2D eigenvalue weighted by Crippen LogP contribution is 2.33. The fourth-order valence-electron chi connectivity index (χ4n) is 3.65. The van der Waals surface area contributed by atoms with Crippen LogP contribution in [-0.4, -0.2) is 52.2 Å². The Kier molecular flexibility index (Phi) is 4.66. The molecule has 1 saturated heterocycles. The predicted octanol–water partition coefficient (Wildman–Crippen LogP) is 3.86. The number of anilines is 1. The van der Waals surface area contributed by atoms with Crippen molar-refractivity contribution in [2.24, 2.45) is 5.92 Å². The van der Waals surface area contributed by atoms with Crippen LogP contribution in [0.4, 0.5) is 10.5 Å². The third-order valence-corrected chi connectivity index (χ3v) is 5.20. The second-order valence-electron chi connectivity index (χ2n) is 8.69. The maximum absolute atomic E-state index is 12.8. The molecule has 2 aromatic rings. The molecule has 27 heavy (non-hydrogen) atoms. The Bertz CT molecular complexity index is 828. The lowest BCUT2D eigenvalue weighted by molar-refractivity contribution is 0.0167. The van der Waals surface area contributed by atoms with Gasteiger partial charge in [0, 0.05) is 37.7 Å². The van der Waals surface area contributed by atoms with Crippen LogP contribution in [0.1, 0.15) is 40.0 Å². The van der Waals surface area contributed by atoms with Crippen molar-refractivity contribution >= 4 is 22.8 Å². The van der Waals surface area contributed by atoms with E-state index in [1.165, 1.54) is 12.8 Å². The molecule has 6 nitrogen and oxygen atoms in total. The number of amides is 1. The van der Waals surface area contributed by atoms with Crippen LogP contribution in [0.5, 0.6) is 0 Å². The van der Waals surface area contributed by atoms with Crippen molar-refractivity contribution in [2.75, 3.05) is 24.5 Å². The molecule has 1 aromatic heterocycles. The highest BCUT2D eigenvalue weighted by atomic mass is 16.6. The lowest BCUT2D eigenvalue weighted by Crippen LogP contribution is -2.45. The van der Waals surface area contributed by atoms with E-state index in [1.54, 1.807) is 12.4 Å². The number of benzene rings is 1. The van der Waals surface area contributed by atoms with Gasteiger partial charge in [0.05, 0.1) is 17.1 Å². The highest BCUT2D eigenvalue weighted by Gasteiger charge is 2.37. The van der Waals surface area contributed by atoms with Crippen molar-refractivity contribution in [3.05, 3.63) is 30.6 Å². The molecule has 0 spiro atoms. The van der Waals surface area contributed by atoms with Gasteiger partial charge < -0.3 is 14.5 Å². The van der Waals surface area contributed by atoms with Crippen LogP contribution < -0.4 is 4.90 Å². The lowest BCUT2D eigenvalue weighted by Gasteiger charge is -2.32. The number of carbonyl (C=O) groups is 1. The van der Waals surface area contributed by atoms with E-state index in [0.29, 0.717) is 5.92 Å². The molecule has 1 aliphatic carbocycles. The minimum atomic E-state index is -0.464. The molecule has 2 heterocycles. The van der Waals surface area contributed by atoms with Crippen LogP contribution in [-0.2, 0) is 4.74 Å². The van der Waals surface area contributed by atoms with Gasteiger partial charge in [0.2, 0.25) is 0 Å². The fourth-order valence-corrected chi connectivity index (χ4v) is 3.65. The molecule has 0 N–H and O–H groups in total. The zero-order valence-electron chi connectivity index (χ0n) is 16.4. The molecule has 2 fully saturated rings. The minimum Gasteiger partial charge on any atom is -0.444 e. The van der Waals surface area contributed by atoms with Gasteiger partial charge in [0.25, 0.3) is 0 Å². The number of aromatic nitrogens is 2. The molecule has 2 aliphatic rings. The van der Waals surface area contributed by atoms with Crippen molar-refractivity contribution in [3.63, 3.8) is 0 Å². The number of nitrogens with zero attached hydrogens (tertiary/aromatic N) is 4. The van der Waals surface area contributed by atoms with Gasteiger partial charge in [-0.15, -0.1) is 0 Å². The maximum Gasteiger partial charge on any atom is 0.410 e. The number of ether oxygens (including phenoxy) is 1. The van der Waals surface area contributed by atoms with Crippen LogP contribution in [0.15, 0.2) is 30.6 Å². The lowest BCUT2D eigenvalue weighted by atomic mass is 10.2. The molecule has 6 heteroatoms. The van der Waals surface area contributed by atoms with E-state index in [9.17, 15) is 4.79 Å². The second kappa shape index (κ2) is 6.98. The molecule has 144 valence electrons. The Balaban J connectivity index is 1.48. The molecule has 1 aromatic carbocycles. The summed E-state index contributed by atoms with van der Waals surface area (Å²) in [6.07, 6.45) is 6.66. The van der Waals surface area contributed by atoms with Gasteiger partial charge in [-0.2, -0.15) is 0 Å². The number of fused-ring (bicyclic) bond motifs is 1. The zero-order valence-corrected chi connectivity index (χ0v) is 16.4. The van der Waals surface area contributed by atoms with E-state index >= 15 is 0 Å². The van der Waals surface area contributed by atoms with Gasteiger partial charge in [0.15, 0.2) is 0 Å². The van der Waals surface area contributed by atoms with Gasteiger partial charge in [0.1, 0.15) is 5.60 Å². The van der Waals surface area contributed by atoms with Crippen LogP contribution in [0, 0.1) is 5.92 Å². The van der Waals surface area contributed by atoms with Gasteiger partial charge >= 0.3 is 6.09 Å². The van der Waals surface area contributed by atoms with E-state index in [4.69, 9.17) is 4.74 Å². The first-order chi connectivity index (χ1) is 12.9. The standard InChI is InChI=1S/C21H28N4O2/c1-21(2,3)27-20(26)25(13-15-4-5-15)17-8-11-24(14-17)16-6-7-18-19(12-16)23-10-9-22-18/h6-7,9-10,12,15,17H,4-5,8,11,13-14H2,1-3H3/t17-/m1/s1. The third kappa shape index (κ3) is 4.31. The summed E-state index contributed by atoms with van der Waals surface area (Å²) in [5.41, 5.74) is 2.48. The Morgan fingerprint density at radius 1 is 1.19 bits per heavy atom. The molecule has 0 radical (unpaired) electrons. The first kappa shape index (κ1) is 18.0. The monoisotopic (exact) mass is 368 g/mol. The van der Waals surface area contributed by atoms with Crippen LogP contribution in [0.2, 0.25) is 0 Å². The van der Waals surface area contributed by atoms with Crippen molar-refractivity contribution in [3.8, 4) is 0 Å².